The molecule has 1 aromatic carbocycles. The van der Waals surface area contributed by atoms with Crippen molar-refractivity contribution < 1.29 is 9.15 Å². The van der Waals surface area contributed by atoms with E-state index in [-0.39, 0.29) is 6.04 Å². The molecule has 0 aliphatic heterocycles. The minimum absolute atomic E-state index is 0.278. The first-order valence-corrected chi connectivity index (χ1v) is 6.46. The molecule has 0 saturated heterocycles. The molecular formula is C14H20N2O2. The van der Waals surface area contributed by atoms with Crippen molar-refractivity contribution in [1.82, 2.24) is 4.98 Å². The topological polar surface area (TPSA) is 47.3 Å². The summed E-state index contributed by atoms with van der Waals surface area (Å²) in [6.45, 7) is 7.58. The molecule has 4 heteroatoms. The van der Waals surface area contributed by atoms with Gasteiger partial charge in [-0.15, -0.1) is 0 Å². The lowest BCUT2D eigenvalue weighted by atomic mass is 10.2. The van der Waals surface area contributed by atoms with E-state index in [1.807, 2.05) is 32.0 Å². The van der Waals surface area contributed by atoms with Gasteiger partial charge in [-0.05, 0) is 32.0 Å². The zero-order valence-corrected chi connectivity index (χ0v) is 11.2. The molecule has 0 bridgehead atoms. The Kier molecular flexibility index (Phi) is 4.20. The third-order valence-electron chi connectivity index (χ3n) is 2.72. The first kappa shape index (κ1) is 12.9. The molecule has 1 heterocycles. The first-order valence-electron chi connectivity index (χ1n) is 6.46. The number of nitrogens with one attached hydrogen (secondary N) is 1. The van der Waals surface area contributed by atoms with Crippen LogP contribution in [0.5, 0.6) is 0 Å². The van der Waals surface area contributed by atoms with Gasteiger partial charge < -0.3 is 14.5 Å². The van der Waals surface area contributed by atoms with E-state index in [9.17, 15) is 0 Å². The number of aryl methyl sites for hydroxylation is 1. The highest BCUT2D eigenvalue weighted by Gasteiger charge is 2.06. The van der Waals surface area contributed by atoms with Gasteiger partial charge in [0.05, 0.1) is 6.61 Å². The van der Waals surface area contributed by atoms with Crippen molar-refractivity contribution in [3.63, 3.8) is 0 Å². The Hall–Kier alpha value is -1.55. The van der Waals surface area contributed by atoms with E-state index in [1.54, 1.807) is 0 Å². The van der Waals surface area contributed by atoms with E-state index >= 15 is 0 Å². The fourth-order valence-electron chi connectivity index (χ4n) is 1.84. The third-order valence-corrected chi connectivity index (χ3v) is 2.72. The van der Waals surface area contributed by atoms with E-state index in [0.29, 0.717) is 6.61 Å². The van der Waals surface area contributed by atoms with E-state index in [1.165, 1.54) is 0 Å². The molecule has 1 N–H and O–H groups in total. The van der Waals surface area contributed by atoms with Crippen LogP contribution in [0.4, 0.5) is 5.69 Å². The van der Waals surface area contributed by atoms with Crippen LogP contribution in [0.25, 0.3) is 11.1 Å². The van der Waals surface area contributed by atoms with Gasteiger partial charge in [-0.1, -0.05) is 6.92 Å². The predicted molar refractivity (Wildman–Crippen MR) is 73.0 cm³/mol. The van der Waals surface area contributed by atoms with Crippen LogP contribution >= 0.6 is 0 Å². The molecule has 0 fully saturated rings. The first-order chi connectivity index (χ1) is 8.72. The van der Waals surface area contributed by atoms with Gasteiger partial charge in [0.25, 0.3) is 0 Å². The number of benzene rings is 1. The minimum Gasteiger partial charge on any atom is -0.441 e. The highest BCUT2D eigenvalue weighted by molar-refractivity contribution is 5.77. The predicted octanol–water partition coefficient (Wildman–Crippen LogP) is 3.23. The van der Waals surface area contributed by atoms with Gasteiger partial charge in [0.2, 0.25) is 0 Å². The monoisotopic (exact) mass is 248 g/mol. The van der Waals surface area contributed by atoms with E-state index in [0.717, 1.165) is 35.7 Å². The minimum atomic E-state index is 0.278. The normalized spacial score (nSPS) is 12.8. The van der Waals surface area contributed by atoms with Gasteiger partial charge in [0.1, 0.15) is 5.52 Å². The molecule has 4 nitrogen and oxygen atoms in total. The van der Waals surface area contributed by atoms with Crippen molar-refractivity contribution in [2.75, 3.05) is 18.5 Å². The van der Waals surface area contributed by atoms with Gasteiger partial charge in [-0.25, -0.2) is 4.98 Å². The van der Waals surface area contributed by atoms with Gasteiger partial charge >= 0.3 is 0 Å². The largest absolute Gasteiger partial charge is 0.441 e. The maximum atomic E-state index is 5.58. The van der Waals surface area contributed by atoms with Crippen molar-refractivity contribution in [3.05, 3.63) is 24.1 Å². The lowest BCUT2D eigenvalue weighted by molar-refractivity contribution is 0.141. The van der Waals surface area contributed by atoms with Gasteiger partial charge in [-0.3, -0.25) is 0 Å². The summed E-state index contributed by atoms with van der Waals surface area (Å²) in [5, 5.41) is 3.39. The van der Waals surface area contributed by atoms with Crippen molar-refractivity contribution in [2.45, 2.75) is 33.2 Å². The molecular weight excluding hydrogens is 228 g/mol. The molecule has 18 heavy (non-hydrogen) atoms. The van der Waals surface area contributed by atoms with Gasteiger partial charge in [0.15, 0.2) is 11.5 Å². The Morgan fingerprint density at radius 1 is 1.39 bits per heavy atom. The Morgan fingerprint density at radius 3 is 2.94 bits per heavy atom. The number of aromatic nitrogens is 1. The summed E-state index contributed by atoms with van der Waals surface area (Å²) in [5.74, 6) is 0.782. The number of rotatable bonds is 6. The summed E-state index contributed by atoms with van der Waals surface area (Å²) in [6, 6.07) is 6.26. The van der Waals surface area contributed by atoms with Crippen molar-refractivity contribution in [3.8, 4) is 0 Å². The van der Waals surface area contributed by atoms with Crippen LogP contribution in [-0.4, -0.2) is 24.2 Å². The fraction of sp³-hybridized carbons (Fsp3) is 0.500. The van der Waals surface area contributed by atoms with E-state index in [2.05, 4.69) is 17.2 Å². The van der Waals surface area contributed by atoms with Crippen LogP contribution in [-0.2, 0) is 11.2 Å². The molecule has 1 aromatic heterocycles. The maximum absolute atomic E-state index is 5.58. The molecule has 0 aliphatic rings. The molecule has 0 spiro atoms. The van der Waals surface area contributed by atoms with E-state index in [4.69, 9.17) is 9.15 Å². The molecule has 0 amide bonds. The second-order valence-corrected chi connectivity index (χ2v) is 4.35. The van der Waals surface area contributed by atoms with Crippen LogP contribution in [0.1, 0.15) is 26.7 Å². The maximum Gasteiger partial charge on any atom is 0.195 e. The van der Waals surface area contributed by atoms with E-state index < -0.39 is 0 Å². The zero-order valence-electron chi connectivity index (χ0n) is 11.2. The molecule has 2 aromatic rings. The zero-order chi connectivity index (χ0) is 13.0. The van der Waals surface area contributed by atoms with Crippen LogP contribution < -0.4 is 5.32 Å². The summed E-state index contributed by atoms with van der Waals surface area (Å²) in [6.07, 6.45) is 0.818. The van der Waals surface area contributed by atoms with Gasteiger partial charge in [-0.2, -0.15) is 0 Å². The highest BCUT2D eigenvalue weighted by Crippen LogP contribution is 2.20. The number of nitrogens with zero attached hydrogens (tertiary/aromatic N) is 1. The lowest BCUT2D eigenvalue weighted by Gasteiger charge is -2.14. The quantitative estimate of drug-likeness (QED) is 0.852. The number of hydrogen-bond acceptors (Lipinski definition) is 4. The smallest absolute Gasteiger partial charge is 0.195 e. The van der Waals surface area contributed by atoms with Crippen molar-refractivity contribution in [1.29, 1.82) is 0 Å². The Bertz CT molecular complexity index is 507. The Morgan fingerprint density at radius 2 is 2.22 bits per heavy atom. The molecule has 0 aliphatic carbocycles. The SMILES string of the molecule is CCOCC(C)Nc1ccc2oc(CC)nc2c1. The Labute approximate surface area is 107 Å². The molecule has 2 rings (SSSR count). The van der Waals surface area contributed by atoms with Crippen LogP contribution in [0, 0.1) is 0 Å². The Balaban J connectivity index is 2.09. The van der Waals surface area contributed by atoms with Crippen LogP contribution in [0.15, 0.2) is 22.6 Å². The number of fused-ring (bicyclic) bond motifs is 1. The number of hydrogen-bond donors (Lipinski definition) is 1. The fourth-order valence-corrected chi connectivity index (χ4v) is 1.84. The highest BCUT2D eigenvalue weighted by atomic mass is 16.5. The molecule has 0 saturated carbocycles. The second-order valence-electron chi connectivity index (χ2n) is 4.35. The molecule has 1 atom stereocenters. The number of oxazole rings is 1. The summed E-state index contributed by atoms with van der Waals surface area (Å²) in [4.78, 5) is 4.42. The molecule has 0 radical (unpaired) electrons. The summed E-state index contributed by atoms with van der Waals surface area (Å²) in [5.41, 5.74) is 2.79. The van der Waals surface area contributed by atoms with Crippen LogP contribution in [0.3, 0.4) is 0 Å². The average Bonchev–Trinajstić information content (AvgIpc) is 2.78. The summed E-state index contributed by atoms with van der Waals surface area (Å²) >= 11 is 0. The number of anilines is 1. The number of ether oxygens (including phenoxy) is 1. The summed E-state index contributed by atoms with van der Waals surface area (Å²) in [7, 11) is 0. The second kappa shape index (κ2) is 5.87. The molecule has 98 valence electrons. The van der Waals surface area contributed by atoms with Crippen LogP contribution in [0.2, 0.25) is 0 Å². The van der Waals surface area contributed by atoms with Crippen molar-refractivity contribution in [2.24, 2.45) is 0 Å². The summed E-state index contributed by atoms with van der Waals surface area (Å²) < 4.78 is 11.0. The molecule has 1 unspecified atom stereocenters. The van der Waals surface area contributed by atoms with Gasteiger partial charge in [0, 0.05) is 24.8 Å². The third kappa shape index (κ3) is 3.01. The lowest BCUT2D eigenvalue weighted by Crippen LogP contribution is -2.21. The standard InChI is InChI=1S/C14H20N2O2/c1-4-14-16-12-8-11(6-7-13(12)18-14)15-10(3)9-17-5-2/h6-8,10,15H,4-5,9H2,1-3H3. The van der Waals surface area contributed by atoms with Crippen molar-refractivity contribution >= 4 is 16.8 Å². The average molecular weight is 248 g/mol.